The maximum Gasteiger partial charge on any atom is 0.159 e. The lowest BCUT2D eigenvalue weighted by molar-refractivity contribution is 0.669. The predicted octanol–water partition coefficient (Wildman–Crippen LogP) is 18.3. The van der Waals surface area contributed by atoms with Crippen LogP contribution < -0.4 is 9.80 Å². The number of furan rings is 1. The number of hydrogen-bond donors (Lipinski definition) is 0. The summed E-state index contributed by atoms with van der Waals surface area (Å²) in [7, 11) is 0. The van der Waals surface area contributed by atoms with Crippen molar-refractivity contribution in [3.8, 4) is 44.5 Å². The highest BCUT2D eigenvalue weighted by molar-refractivity contribution is 6.15. The van der Waals surface area contributed by atoms with Gasteiger partial charge in [-0.1, -0.05) is 200 Å². The zero-order valence-corrected chi connectivity index (χ0v) is 36.7. The molecule has 0 unspecified atom stereocenters. The number of fused-ring (bicyclic) bond motifs is 4. The fourth-order valence-corrected chi connectivity index (χ4v) is 9.53. The van der Waals surface area contributed by atoms with Crippen LogP contribution in [-0.2, 0) is 0 Å². The van der Waals surface area contributed by atoms with Crippen LogP contribution in [0.4, 0.5) is 34.1 Å². The third kappa shape index (κ3) is 7.59. The summed E-state index contributed by atoms with van der Waals surface area (Å²) in [5, 5.41) is 4.39. The molecule has 1 aromatic heterocycles. The lowest BCUT2D eigenvalue weighted by atomic mass is 10.00. The molecular weight excluding hydrogens is 813 g/mol. The van der Waals surface area contributed by atoms with Crippen LogP contribution >= 0.6 is 0 Å². The second kappa shape index (κ2) is 17.2. The Balaban J connectivity index is 1.15. The summed E-state index contributed by atoms with van der Waals surface area (Å²) >= 11 is 0. The highest BCUT2D eigenvalue weighted by atomic mass is 16.3. The number of hydrogen-bond acceptors (Lipinski definition) is 3. The van der Waals surface area contributed by atoms with Crippen molar-refractivity contribution in [2.24, 2.45) is 0 Å². The molecule has 0 aliphatic carbocycles. The quantitative estimate of drug-likeness (QED) is 0.137. The van der Waals surface area contributed by atoms with Crippen molar-refractivity contribution < 1.29 is 4.42 Å². The van der Waals surface area contributed by atoms with Crippen LogP contribution in [0.3, 0.4) is 0 Å². The summed E-state index contributed by atoms with van der Waals surface area (Å²) < 4.78 is 7.17. The van der Waals surface area contributed by atoms with Crippen molar-refractivity contribution in [1.82, 2.24) is 0 Å². The molecule has 3 nitrogen and oxygen atoms in total. The van der Waals surface area contributed by atoms with Gasteiger partial charge >= 0.3 is 0 Å². The highest BCUT2D eigenvalue weighted by Gasteiger charge is 2.26. The molecule has 0 fully saturated rings. The first-order chi connectivity index (χ1) is 33.2. The van der Waals surface area contributed by atoms with Gasteiger partial charge in [-0.3, -0.25) is 0 Å². The normalized spacial score (nSPS) is 11.3. The Morgan fingerprint density at radius 2 is 0.716 bits per heavy atom. The van der Waals surface area contributed by atoms with Gasteiger partial charge in [0.05, 0.1) is 11.4 Å². The molecule has 0 saturated carbocycles. The van der Waals surface area contributed by atoms with Crippen molar-refractivity contribution in [2.75, 3.05) is 9.80 Å². The summed E-state index contributed by atoms with van der Waals surface area (Å²) in [6.07, 6.45) is 0. The molecule has 0 radical (unpaired) electrons. The van der Waals surface area contributed by atoms with Crippen molar-refractivity contribution in [3.05, 3.63) is 267 Å². The number of nitrogens with zero attached hydrogens (tertiary/aromatic N) is 2. The number of para-hydroxylation sites is 1. The summed E-state index contributed by atoms with van der Waals surface area (Å²) in [5.74, 6) is 0. The molecule has 3 heteroatoms. The molecule has 0 bridgehead atoms. The maximum absolute atomic E-state index is 7.17. The number of anilines is 6. The second-order valence-electron chi connectivity index (χ2n) is 16.9. The standard InChI is InChI=1S/C64H44N2O/c1-5-18-45(19-6-1)48-32-36-54(37-33-48)65(56-29-17-28-51(40-56)47-22-9-3-10-23-47)62-44-57(43-60-59-41-52-26-13-14-27-53(52)42-63(59)67-64(60)62)66(55-38-34-49(35-39-55)46-20-7-2-8-21-46)61-31-16-15-30-58(61)50-24-11-4-12-25-50/h1-44H. The summed E-state index contributed by atoms with van der Waals surface area (Å²) in [4.78, 5) is 4.78. The Bertz CT molecular complexity index is 3660. The lowest BCUT2D eigenvalue weighted by Gasteiger charge is -2.31. The monoisotopic (exact) mass is 856 g/mol. The van der Waals surface area contributed by atoms with Gasteiger partial charge in [0.15, 0.2) is 5.58 Å². The Morgan fingerprint density at radius 3 is 1.31 bits per heavy atom. The van der Waals surface area contributed by atoms with E-state index in [1.165, 1.54) is 11.1 Å². The van der Waals surface area contributed by atoms with Crippen LogP contribution in [0.1, 0.15) is 0 Å². The van der Waals surface area contributed by atoms with Gasteiger partial charge in [-0.2, -0.15) is 0 Å². The molecule has 11 aromatic carbocycles. The first kappa shape index (κ1) is 39.7. The molecular formula is C64H44N2O. The van der Waals surface area contributed by atoms with Crippen LogP contribution in [0, 0.1) is 0 Å². The van der Waals surface area contributed by atoms with Crippen LogP contribution in [0.5, 0.6) is 0 Å². The Labute approximate surface area is 390 Å². The van der Waals surface area contributed by atoms with Gasteiger partial charge in [0.2, 0.25) is 0 Å². The summed E-state index contributed by atoms with van der Waals surface area (Å²) in [6.45, 7) is 0. The van der Waals surface area contributed by atoms with E-state index in [-0.39, 0.29) is 0 Å². The average molecular weight is 857 g/mol. The minimum Gasteiger partial charge on any atom is -0.454 e. The van der Waals surface area contributed by atoms with E-state index >= 15 is 0 Å². The SMILES string of the molecule is c1ccc(-c2ccc(N(c3cc(N(c4ccc(-c5ccccc5)cc4)c4cccc(-c5ccccc5)c4)c4oc5cc6ccccc6cc5c4c3)c3ccccc3-c3ccccc3)cc2)cc1. The van der Waals surface area contributed by atoms with Crippen LogP contribution in [0.2, 0.25) is 0 Å². The molecule has 316 valence electrons. The first-order valence-corrected chi connectivity index (χ1v) is 22.8. The summed E-state index contributed by atoms with van der Waals surface area (Å²) in [6, 6.07) is 95.6. The molecule has 1 heterocycles. The summed E-state index contributed by atoms with van der Waals surface area (Å²) in [5.41, 5.74) is 16.9. The molecule has 0 spiro atoms. The fraction of sp³-hybridized carbons (Fsp3) is 0. The van der Waals surface area contributed by atoms with Gasteiger partial charge in [-0.05, 0) is 116 Å². The molecule has 0 N–H and O–H groups in total. The van der Waals surface area contributed by atoms with Crippen molar-refractivity contribution in [3.63, 3.8) is 0 Å². The van der Waals surface area contributed by atoms with Gasteiger partial charge in [0.1, 0.15) is 5.58 Å². The molecule has 0 atom stereocenters. The molecule has 67 heavy (non-hydrogen) atoms. The van der Waals surface area contributed by atoms with Crippen LogP contribution in [-0.4, -0.2) is 0 Å². The molecule has 0 aliphatic heterocycles. The van der Waals surface area contributed by atoms with Gasteiger partial charge in [-0.15, -0.1) is 0 Å². The van der Waals surface area contributed by atoms with E-state index in [1.54, 1.807) is 0 Å². The van der Waals surface area contributed by atoms with Crippen molar-refractivity contribution in [1.29, 1.82) is 0 Å². The Morgan fingerprint density at radius 1 is 0.254 bits per heavy atom. The molecule has 0 aliphatic rings. The first-order valence-electron chi connectivity index (χ1n) is 22.8. The van der Waals surface area contributed by atoms with E-state index in [0.717, 1.165) is 100 Å². The van der Waals surface area contributed by atoms with Gasteiger partial charge in [-0.25, -0.2) is 0 Å². The number of benzene rings is 11. The highest BCUT2D eigenvalue weighted by Crippen LogP contribution is 2.49. The zero-order chi connectivity index (χ0) is 44.5. The average Bonchev–Trinajstić information content (AvgIpc) is 3.77. The third-order valence-corrected chi connectivity index (χ3v) is 12.8. The maximum atomic E-state index is 7.17. The fourth-order valence-electron chi connectivity index (χ4n) is 9.53. The lowest BCUT2D eigenvalue weighted by Crippen LogP contribution is -2.14. The smallest absolute Gasteiger partial charge is 0.159 e. The van der Waals surface area contributed by atoms with E-state index in [2.05, 4.69) is 277 Å². The van der Waals surface area contributed by atoms with Gasteiger partial charge in [0.25, 0.3) is 0 Å². The van der Waals surface area contributed by atoms with E-state index in [1.807, 2.05) is 0 Å². The van der Waals surface area contributed by atoms with E-state index in [9.17, 15) is 0 Å². The Hall–Kier alpha value is -8.92. The van der Waals surface area contributed by atoms with E-state index < -0.39 is 0 Å². The molecule has 0 saturated heterocycles. The minimum absolute atomic E-state index is 0.807. The predicted molar refractivity (Wildman–Crippen MR) is 282 cm³/mol. The molecule has 12 rings (SSSR count). The zero-order valence-electron chi connectivity index (χ0n) is 36.7. The third-order valence-electron chi connectivity index (χ3n) is 12.8. The van der Waals surface area contributed by atoms with Crippen molar-refractivity contribution in [2.45, 2.75) is 0 Å². The van der Waals surface area contributed by atoms with Gasteiger partial charge in [0, 0.05) is 39.1 Å². The van der Waals surface area contributed by atoms with Gasteiger partial charge < -0.3 is 14.2 Å². The number of rotatable bonds is 10. The minimum atomic E-state index is 0.807. The van der Waals surface area contributed by atoms with Crippen LogP contribution in [0.15, 0.2) is 271 Å². The topological polar surface area (TPSA) is 19.6 Å². The van der Waals surface area contributed by atoms with E-state index in [0.29, 0.717) is 0 Å². The van der Waals surface area contributed by atoms with E-state index in [4.69, 9.17) is 4.42 Å². The molecule has 0 amide bonds. The second-order valence-corrected chi connectivity index (χ2v) is 16.9. The largest absolute Gasteiger partial charge is 0.454 e. The van der Waals surface area contributed by atoms with Crippen molar-refractivity contribution >= 4 is 66.8 Å². The molecule has 12 aromatic rings. The Kier molecular flexibility index (Phi) is 10.2. The van der Waals surface area contributed by atoms with Crippen LogP contribution in [0.25, 0.3) is 77.2 Å².